The third kappa shape index (κ3) is 2.36. The van der Waals surface area contributed by atoms with Gasteiger partial charge in [0.05, 0.1) is 0 Å². The van der Waals surface area contributed by atoms with Crippen molar-refractivity contribution >= 4 is 17.9 Å². The summed E-state index contributed by atoms with van der Waals surface area (Å²) in [4.78, 5) is 10.8. The molecule has 0 amide bonds. The zero-order chi connectivity index (χ0) is 9.97. The lowest BCUT2D eigenvalue weighted by Crippen LogP contribution is -2.08. The van der Waals surface area contributed by atoms with E-state index in [1.807, 2.05) is 24.3 Å². The van der Waals surface area contributed by atoms with Crippen LogP contribution in [0.5, 0.6) is 0 Å². The van der Waals surface area contributed by atoms with E-state index in [4.69, 9.17) is 11.6 Å². The van der Waals surface area contributed by atoms with Crippen molar-refractivity contribution in [3.63, 3.8) is 0 Å². The first-order valence-corrected chi connectivity index (χ1v) is 5.37. The van der Waals surface area contributed by atoms with Gasteiger partial charge in [-0.15, -0.1) is 0 Å². The first-order valence-electron chi connectivity index (χ1n) is 4.99. The molecule has 0 N–H and O–H groups in total. The molecule has 0 saturated heterocycles. The van der Waals surface area contributed by atoms with Gasteiger partial charge in [0.25, 0.3) is 0 Å². The van der Waals surface area contributed by atoms with Gasteiger partial charge in [0.15, 0.2) is 0 Å². The van der Waals surface area contributed by atoms with E-state index in [9.17, 15) is 4.79 Å². The van der Waals surface area contributed by atoms with Crippen LogP contribution in [0.2, 0.25) is 5.02 Å². The number of hydrogen-bond donors (Lipinski definition) is 0. The lowest BCUT2D eigenvalue weighted by Gasteiger charge is -2.08. The number of carbonyl (C=O) groups is 1. The van der Waals surface area contributed by atoms with E-state index in [0.29, 0.717) is 5.92 Å². The van der Waals surface area contributed by atoms with Crippen LogP contribution in [0.15, 0.2) is 24.3 Å². The summed E-state index contributed by atoms with van der Waals surface area (Å²) >= 11 is 5.79. The van der Waals surface area contributed by atoms with Crippen molar-refractivity contribution in [3.05, 3.63) is 34.9 Å². The molecule has 2 rings (SSSR count). The smallest absolute Gasteiger partial charge is 0.123 e. The SMILES string of the molecule is O=C[C@@H](Cc1ccc(Cl)cc1)C1CC1. The molecular formula is C12H13ClO. The van der Waals surface area contributed by atoms with E-state index in [0.717, 1.165) is 17.7 Å². The molecule has 1 fully saturated rings. The van der Waals surface area contributed by atoms with Gasteiger partial charge in [0, 0.05) is 10.9 Å². The van der Waals surface area contributed by atoms with Crippen LogP contribution in [-0.2, 0) is 11.2 Å². The highest BCUT2D eigenvalue weighted by Gasteiger charge is 2.30. The van der Waals surface area contributed by atoms with Crippen molar-refractivity contribution in [1.82, 2.24) is 0 Å². The number of halogens is 1. The molecule has 1 aliphatic carbocycles. The molecular weight excluding hydrogens is 196 g/mol. The van der Waals surface area contributed by atoms with Crippen molar-refractivity contribution in [2.45, 2.75) is 19.3 Å². The summed E-state index contributed by atoms with van der Waals surface area (Å²) in [5.74, 6) is 0.861. The Morgan fingerprint density at radius 2 is 2.00 bits per heavy atom. The fourth-order valence-electron chi connectivity index (χ4n) is 1.74. The summed E-state index contributed by atoms with van der Waals surface area (Å²) in [5.41, 5.74) is 1.21. The normalized spacial score (nSPS) is 17.8. The zero-order valence-corrected chi connectivity index (χ0v) is 8.70. The molecule has 0 heterocycles. The van der Waals surface area contributed by atoms with Gasteiger partial charge in [-0.05, 0) is 42.9 Å². The third-order valence-corrected chi connectivity index (χ3v) is 3.04. The monoisotopic (exact) mass is 208 g/mol. The van der Waals surface area contributed by atoms with Crippen molar-refractivity contribution < 1.29 is 4.79 Å². The highest BCUT2D eigenvalue weighted by Crippen LogP contribution is 2.37. The van der Waals surface area contributed by atoms with Crippen LogP contribution in [0.3, 0.4) is 0 Å². The average molecular weight is 209 g/mol. The molecule has 14 heavy (non-hydrogen) atoms. The van der Waals surface area contributed by atoms with Crippen LogP contribution in [0.4, 0.5) is 0 Å². The summed E-state index contributed by atoms with van der Waals surface area (Å²) in [6.45, 7) is 0. The summed E-state index contributed by atoms with van der Waals surface area (Å²) < 4.78 is 0. The lowest BCUT2D eigenvalue weighted by atomic mass is 9.96. The minimum atomic E-state index is 0.219. The maximum Gasteiger partial charge on any atom is 0.123 e. The van der Waals surface area contributed by atoms with E-state index in [-0.39, 0.29) is 5.92 Å². The molecule has 1 aromatic rings. The van der Waals surface area contributed by atoms with Gasteiger partial charge in [-0.3, -0.25) is 0 Å². The van der Waals surface area contributed by atoms with Crippen LogP contribution in [0.25, 0.3) is 0 Å². The molecule has 0 aliphatic heterocycles. The number of rotatable bonds is 4. The fourth-order valence-corrected chi connectivity index (χ4v) is 1.87. The second-order valence-electron chi connectivity index (χ2n) is 3.97. The average Bonchev–Trinajstić information content (AvgIpc) is 3.01. The van der Waals surface area contributed by atoms with Gasteiger partial charge in [-0.2, -0.15) is 0 Å². The van der Waals surface area contributed by atoms with E-state index in [2.05, 4.69) is 0 Å². The molecule has 0 spiro atoms. The summed E-state index contributed by atoms with van der Waals surface area (Å²) in [7, 11) is 0. The van der Waals surface area contributed by atoms with Crippen LogP contribution in [-0.4, -0.2) is 6.29 Å². The summed E-state index contributed by atoms with van der Waals surface area (Å²) in [5, 5.41) is 0.753. The standard InChI is InChI=1S/C12H13ClO/c13-12-5-1-9(2-6-12)7-11(8-14)10-3-4-10/h1-2,5-6,8,10-11H,3-4,7H2/t11-/m1/s1. The maximum absolute atomic E-state index is 10.8. The number of carbonyl (C=O) groups excluding carboxylic acids is 1. The predicted octanol–water partition coefficient (Wildman–Crippen LogP) is 3.11. The van der Waals surface area contributed by atoms with E-state index >= 15 is 0 Å². The lowest BCUT2D eigenvalue weighted by molar-refractivity contribution is -0.111. The van der Waals surface area contributed by atoms with Gasteiger partial charge in [-0.1, -0.05) is 23.7 Å². The topological polar surface area (TPSA) is 17.1 Å². The van der Waals surface area contributed by atoms with Gasteiger partial charge < -0.3 is 4.79 Å². The van der Waals surface area contributed by atoms with Gasteiger partial charge in [0.1, 0.15) is 6.29 Å². The Morgan fingerprint density at radius 3 is 2.50 bits per heavy atom. The molecule has 1 saturated carbocycles. The van der Waals surface area contributed by atoms with Crippen LogP contribution in [0.1, 0.15) is 18.4 Å². The summed E-state index contributed by atoms with van der Waals surface area (Å²) in [6, 6.07) is 7.76. The van der Waals surface area contributed by atoms with E-state index in [1.54, 1.807) is 0 Å². The predicted molar refractivity (Wildman–Crippen MR) is 57.4 cm³/mol. The van der Waals surface area contributed by atoms with Crippen LogP contribution in [0, 0.1) is 11.8 Å². The van der Waals surface area contributed by atoms with Crippen molar-refractivity contribution in [3.8, 4) is 0 Å². The highest BCUT2D eigenvalue weighted by molar-refractivity contribution is 6.30. The minimum absolute atomic E-state index is 0.219. The molecule has 1 aliphatic rings. The van der Waals surface area contributed by atoms with Crippen molar-refractivity contribution in [1.29, 1.82) is 0 Å². The van der Waals surface area contributed by atoms with Crippen molar-refractivity contribution in [2.24, 2.45) is 11.8 Å². The first kappa shape index (κ1) is 9.72. The molecule has 1 aromatic carbocycles. The molecule has 0 unspecified atom stereocenters. The maximum atomic E-state index is 10.8. The first-order chi connectivity index (χ1) is 6.79. The van der Waals surface area contributed by atoms with Crippen molar-refractivity contribution in [2.75, 3.05) is 0 Å². The Morgan fingerprint density at radius 1 is 1.36 bits per heavy atom. The molecule has 1 nitrogen and oxygen atoms in total. The minimum Gasteiger partial charge on any atom is -0.303 e. The second kappa shape index (κ2) is 4.14. The quantitative estimate of drug-likeness (QED) is 0.695. The number of aldehydes is 1. The summed E-state index contributed by atoms with van der Waals surface area (Å²) in [6.07, 6.45) is 4.41. The Balaban J connectivity index is 2.01. The Hall–Kier alpha value is -0.820. The fraction of sp³-hybridized carbons (Fsp3) is 0.417. The van der Waals surface area contributed by atoms with Crippen LogP contribution >= 0.6 is 11.6 Å². The van der Waals surface area contributed by atoms with E-state index in [1.165, 1.54) is 18.4 Å². The van der Waals surface area contributed by atoms with Gasteiger partial charge in [0.2, 0.25) is 0 Å². The molecule has 74 valence electrons. The highest BCUT2D eigenvalue weighted by atomic mass is 35.5. The third-order valence-electron chi connectivity index (χ3n) is 2.79. The largest absolute Gasteiger partial charge is 0.303 e. The number of hydrogen-bond acceptors (Lipinski definition) is 1. The molecule has 0 aromatic heterocycles. The molecule has 0 bridgehead atoms. The Labute approximate surface area is 89.1 Å². The molecule has 0 radical (unpaired) electrons. The van der Waals surface area contributed by atoms with E-state index < -0.39 is 0 Å². The molecule has 1 atom stereocenters. The Kier molecular flexibility index (Phi) is 2.87. The van der Waals surface area contributed by atoms with Gasteiger partial charge in [-0.25, -0.2) is 0 Å². The van der Waals surface area contributed by atoms with Gasteiger partial charge >= 0.3 is 0 Å². The zero-order valence-electron chi connectivity index (χ0n) is 7.95. The number of benzene rings is 1. The van der Waals surface area contributed by atoms with Crippen LogP contribution < -0.4 is 0 Å². The second-order valence-corrected chi connectivity index (χ2v) is 4.40. The molecule has 2 heteroatoms. The Bertz CT molecular complexity index is 314.